The first-order valence-corrected chi connectivity index (χ1v) is 15.8. The minimum atomic E-state index is -1.90. The van der Waals surface area contributed by atoms with Crippen molar-refractivity contribution in [3.8, 4) is 23.2 Å². The molecule has 176 valence electrons. The maximum absolute atomic E-state index is 3.74. The van der Waals surface area contributed by atoms with Gasteiger partial charge in [0.15, 0.2) is 7.26 Å². The Kier molecular flexibility index (Phi) is 7.95. The van der Waals surface area contributed by atoms with Gasteiger partial charge in [-0.25, -0.2) is 0 Å². The Hall–Kier alpha value is -3.92. The second-order valence-electron chi connectivity index (χ2n) is 8.70. The molecule has 5 rings (SSSR count). The van der Waals surface area contributed by atoms with E-state index < -0.39 is 15.2 Å². The van der Waals surface area contributed by atoms with Gasteiger partial charge in [-0.3, -0.25) is 0 Å². The Bertz CT molecular complexity index is 1490. The molecule has 0 unspecified atom stereocenters. The predicted octanol–water partition coefficient (Wildman–Crippen LogP) is 6.74. The molecule has 2 heteroatoms. The van der Waals surface area contributed by atoms with Gasteiger partial charge in [-0.2, -0.15) is 0 Å². The molecule has 0 aliphatic heterocycles. The number of hydrogen-bond acceptors (Lipinski definition) is 0. The van der Waals surface area contributed by atoms with Crippen LogP contribution in [-0.2, 0) is 0 Å². The fourth-order valence-corrected chi connectivity index (χ4v) is 8.32. The third-order valence-electron chi connectivity index (χ3n) is 6.22. The van der Waals surface area contributed by atoms with Crippen molar-refractivity contribution >= 4 is 36.4 Å². The summed E-state index contributed by atoms with van der Waals surface area (Å²) in [6.45, 7) is 2.31. The average Bonchev–Trinajstić information content (AvgIpc) is 2.98. The van der Waals surface area contributed by atoms with Crippen LogP contribution in [0.4, 0.5) is 0 Å². The molecular formula is C35H27P2+. The van der Waals surface area contributed by atoms with Crippen LogP contribution >= 0.6 is 15.2 Å². The van der Waals surface area contributed by atoms with Gasteiger partial charge in [-0.05, 0) is 52.9 Å². The fourth-order valence-electron chi connectivity index (χ4n) is 4.15. The van der Waals surface area contributed by atoms with Gasteiger partial charge in [0.25, 0.3) is 0 Å². The maximum atomic E-state index is 3.74. The van der Waals surface area contributed by atoms with Crippen molar-refractivity contribution in [2.75, 3.05) is 6.66 Å². The first-order valence-electron chi connectivity index (χ1n) is 12.3. The lowest BCUT2D eigenvalue weighted by atomic mass is 10.1. The molecule has 0 bridgehead atoms. The zero-order chi connectivity index (χ0) is 25.3. The molecule has 0 aliphatic rings. The van der Waals surface area contributed by atoms with Crippen LogP contribution in [0.25, 0.3) is 0 Å². The van der Waals surface area contributed by atoms with Crippen LogP contribution in [0.2, 0.25) is 0 Å². The third kappa shape index (κ3) is 5.91. The van der Waals surface area contributed by atoms with Crippen molar-refractivity contribution in [2.24, 2.45) is 0 Å². The predicted molar refractivity (Wildman–Crippen MR) is 164 cm³/mol. The Balaban J connectivity index is 1.57. The Morgan fingerprint density at radius 3 is 1.30 bits per heavy atom. The van der Waals surface area contributed by atoms with Crippen LogP contribution in [0, 0.1) is 23.2 Å². The summed E-state index contributed by atoms with van der Waals surface area (Å²) in [5.41, 5.74) is 9.31. The molecule has 5 aromatic rings. The number of hydrogen-bond donors (Lipinski definition) is 0. The van der Waals surface area contributed by atoms with Crippen LogP contribution in [-0.4, -0.2) is 6.66 Å². The lowest BCUT2D eigenvalue weighted by Gasteiger charge is -2.15. The summed E-state index contributed by atoms with van der Waals surface area (Å²) in [5, 5.41) is 5.08. The van der Waals surface area contributed by atoms with Crippen molar-refractivity contribution < 1.29 is 0 Å². The highest BCUT2D eigenvalue weighted by molar-refractivity contribution is 7.93. The normalized spacial score (nSPS) is 10.6. The molecule has 0 saturated heterocycles. The number of rotatable bonds is 4. The summed E-state index contributed by atoms with van der Waals surface area (Å²) in [5.74, 6) is 7.07. The lowest BCUT2D eigenvalue weighted by Crippen LogP contribution is -2.19. The van der Waals surface area contributed by atoms with Crippen LogP contribution in [0.5, 0.6) is 0 Å². The molecule has 0 fully saturated rings. The van der Waals surface area contributed by atoms with E-state index in [1.165, 1.54) is 21.2 Å². The summed E-state index contributed by atoms with van der Waals surface area (Å²) < 4.78 is 0. The van der Waals surface area contributed by atoms with Crippen molar-refractivity contribution in [3.05, 3.63) is 157 Å². The molecule has 0 atom stereocenters. The molecule has 0 aromatic heterocycles. The van der Waals surface area contributed by atoms with Gasteiger partial charge in [0.2, 0.25) is 0 Å². The monoisotopic (exact) mass is 509 g/mol. The molecule has 0 aliphatic carbocycles. The van der Waals surface area contributed by atoms with E-state index in [-0.39, 0.29) is 0 Å². The van der Waals surface area contributed by atoms with E-state index in [2.05, 4.69) is 163 Å². The van der Waals surface area contributed by atoms with E-state index in [0.29, 0.717) is 0 Å². The first-order chi connectivity index (χ1) is 18.2. The van der Waals surface area contributed by atoms with E-state index in [1.807, 2.05) is 12.1 Å². The molecule has 0 N–H and O–H groups in total. The van der Waals surface area contributed by atoms with Crippen molar-refractivity contribution in [2.45, 2.75) is 0 Å². The molecule has 0 spiro atoms. The summed E-state index contributed by atoms with van der Waals surface area (Å²) in [6.07, 6.45) is 0. The van der Waals surface area contributed by atoms with Gasteiger partial charge in [0.05, 0.1) is 12.3 Å². The van der Waals surface area contributed by atoms with Crippen molar-refractivity contribution in [1.29, 1.82) is 0 Å². The molecule has 37 heavy (non-hydrogen) atoms. The first kappa shape index (κ1) is 24.8. The molecular weight excluding hydrogens is 482 g/mol. The zero-order valence-corrected chi connectivity index (χ0v) is 22.5. The Morgan fingerprint density at radius 2 is 0.838 bits per heavy atom. The van der Waals surface area contributed by atoms with Crippen molar-refractivity contribution in [3.63, 3.8) is 0 Å². The molecule has 0 saturated carbocycles. The van der Waals surface area contributed by atoms with E-state index in [0.717, 1.165) is 11.1 Å². The van der Waals surface area contributed by atoms with Gasteiger partial charge in [0.1, 0.15) is 10.6 Å². The average molecular weight is 510 g/mol. The van der Waals surface area contributed by atoms with Gasteiger partial charge >= 0.3 is 0 Å². The minimum Gasteiger partial charge on any atom is -0.0622 e. The van der Waals surface area contributed by atoms with E-state index in [9.17, 15) is 0 Å². The second kappa shape index (κ2) is 11.9. The summed E-state index contributed by atoms with van der Waals surface area (Å²) in [6, 6.07) is 50.8. The van der Waals surface area contributed by atoms with E-state index in [1.54, 1.807) is 0 Å². The van der Waals surface area contributed by atoms with E-state index in [4.69, 9.17) is 0 Å². The van der Waals surface area contributed by atoms with Gasteiger partial charge < -0.3 is 0 Å². The topological polar surface area (TPSA) is 0 Å². The van der Waals surface area contributed by atoms with Gasteiger partial charge in [-0.1, -0.05) is 121 Å². The second-order valence-corrected chi connectivity index (χ2v) is 13.9. The molecule has 5 aromatic carbocycles. The van der Waals surface area contributed by atoms with Crippen LogP contribution < -0.4 is 21.2 Å². The minimum absolute atomic E-state index is 0.793. The number of benzene rings is 5. The Labute approximate surface area is 222 Å². The zero-order valence-electron chi connectivity index (χ0n) is 20.8. The lowest BCUT2D eigenvalue weighted by molar-refractivity contribution is 1.59. The largest absolute Gasteiger partial charge is 0.154 e. The van der Waals surface area contributed by atoms with Crippen LogP contribution in [0.15, 0.2) is 146 Å². The van der Waals surface area contributed by atoms with Crippen LogP contribution in [0.3, 0.4) is 0 Å². The summed E-state index contributed by atoms with van der Waals surface area (Å²) in [4.78, 5) is 0. The highest BCUT2D eigenvalue weighted by atomic mass is 31.2. The van der Waals surface area contributed by atoms with Gasteiger partial charge in [-0.15, -0.1) is 0 Å². The quantitative estimate of drug-likeness (QED) is 0.186. The Morgan fingerprint density at radius 1 is 0.459 bits per heavy atom. The highest BCUT2D eigenvalue weighted by Crippen LogP contribution is 2.51. The summed E-state index contributed by atoms with van der Waals surface area (Å²) >= 11 is 0. The molecule has 0 nitrogen and oxygen atoms in total. The van der Waals surface area contributed by atoms with Crippen molar-refractivity contribution in [1.82, 2.24) is 0 Å². The molecule has 0 amide bonds. The fraction of sp³-hybridized carbons (Fsp3) is 0.0286. The van der Waals surface area contributed by atoms with Crippen LogP contribution in [0.1, 0.15) is 11.1 Å². The van der Waals surface area contributed by atoms with Gasteiger partial charge in [0, 0.05) is 19.0 Å². The molecule has 0 heterocycles. The summed E-state index contributed by atoms with van der Waals surface area (Å²) in [7, 11) is -2.69. The SMILES string of the molecule is C[P+](C#Cc1ccccc1C#CP(c1ccccc1)c1ccccc1)(c1ccccc1)c1ccccc1. The standard InChI is InChI=1S/C35H27P2/c1-37(34-22-10-4-11-23-34,35-24-12-5-13-25-35)29-27-31-17-15-14-16-30(31)26-28-36(32-18-6-2-7-19-32)33-20-8-3-9-21-33/h2-25H,1H3/q+1. The smallest absolute Gasteiger partial charge is 0.0622 e. The highest BCUT2D eigenvalue weighted by Gasteiger charge is 2.36. The third-order valence-corrected chi connectivity index (χ3v) is 11.4. The maximum Gasteiger partial charge on any atom is 0.154 e. The van der Waals surface area contributed by atoms with E-state index >= 15 is 0 Å². The molecule has 0 radical (unpaired) electrons.